The van der Waals surface area contributed by atoms with Gasteiger partial charge in [0.15, 0.2) is 6.10 Å². The van der Waals surface area contributed by atoms with Crippen LogP contribution in [0.4, 0.5) is 10.1 Å². The van der Waals surface area contributed by atoms with Crippen LogP contribution < -0.4 is 10.6 Å². The van der Waals surface area contributed by atoms with Gasteiger partial charge in [-0.1, -0.05) is 29.8 Å². The molecule has 0 bridgehead atoms. The minimum absolute atomic E-state index is 0.0154. The van der Waals surface area contributed by atoms with Crippen LogP contribution in [0.1, 0.15) is 34.1 Å². The molecule has 8 nitrogen and oxygen atoms in total. The maximum Gasteiger partial charge on any atom is 0.344 e. The first-order valence-electron chi connectivity index (χ1n) is 10.4. The van der Waals surface area contributed by atoms with E-state index >= 15 is 0 Å². The number of carbonyl (C=O) groups is 3. The fourth-order valence-electron chi connectivity index (χ4n) is 3.26. The number of anilines is 1. The van der Waals surface area contributed by atoms with E-state index < -0.39 is 29.7 Å². The number of nitrogens with one attached hydrogen (secondary N) is 2. The average molecular weight is 487 g/mol. The Labute approximate surface area is 201 Å². The van der Waals surface area contributed by atoms with Crippen LogP contribution in [-0.2, 0) is 14.3 Å². The lowest BCUT2D eigenvalue weighted by Crippen LogP contribution is -2.40. The Hall–Kier alpha value is -3.72. The molecule has 178 valence electrons. The summed E-state index contributed by atoms with van der Waals surface area (Å²) in [7, 11) is 0. The molecule has 0 aliphatic rings. The van der Waals surface area contributed by atoms with Crippen LogP contribution in [0.15, 0.2) is 42.5 Å². The van der Waals surface area contributed by atoms with E-state index in [4.69, 9.17) is 16.3 Å². The summed E-state index contributed by atoms with van der Waals surface area (Å²) < 4.78 is 19.7. The van der Waals surface area contributed by atoms with Crippen molar-refractivity contribution < 1.29 is 23.5 Å². The van der Waals surface area contributed by atoms with Gasteiger partial charge in [-0.3, -0.25) is 9.59 Å². The van der Waals surface area contributed by atoms with Gasteiger partial charge in [0.05, 0.1) is 17.9 Å². The molecule has 3 rings (SSSR count). The first-order chi connectivity index (χ1) is 16.1. The van der Waals surface area contributed by atoms with Gasteiger partial charge in [-0.25, -0.2) is 13.9 Å². The lowest BCUT2D eigenvalue weighted by atomic mass is 10.1. The van der Waals surface area contributed by atoms with Crippen molar-refractivity contribution in [2.45, 2.75) is 33.8 Å². The number of aryl methyl sites for hydroxylation is 3. The van der Waals surface area contributed by atoms with Crippen molar-refractivity contribution in [2.75, 3.05) is 11.9 Å². The van der Waals surface area contributed by atoms with E-state index in [1.54, 1.807) is 6.92 Å². The third kappa shape index (κ3) is 5.60. The summed E-state index contributed by atoms with van der Waals surface area (Å²) in [5.74, 6) is -2.34. The Kier molecular flexibility index (Phi) is 7.68. The van der Waals surface area contributed by atoms with Gasteiger partial charge in [0.2, 0.25) is 5.91 Å². The van der Waals surface area contributed by atoms with Crippen LogP contribution in [0.3, 0.4) is 0 Å². The molecule has 34 heavy (non-hydrogen) atoms. The van der Waals surface area contributed by atoms with E-state index in [9.17, 15) is 18.8 Å². The average Bonchev–Trinajstić information content (AvgIpc) is 3.09. The van der Waals surface area contributed by atoms with Crippen molar-refractivity contribution in [2.24, 2.45) is 0 Å². The summed E-state index contributed by atoms with van der Waals surface area (Å²) in [6.45, 7) is 6.38. The zero-order valence-corrected chi connectivity index (χ0v) is 19.9. The van der Waals surface area contributed by atoms with Crippen LogP contribution in [0.25, 0.3) is 5.69 Å². The van der Waals surface area contributed by atoms with Gasteiger partial charge in [0.1, 0.15) is 16.5 Å². The molecule has 1 aromatic heterocycles. The molecule has 0 saturated carbocycles. The molecular weight excluding hydrogens is 463 g/mol. The third-order valence-electron chi connectivity index (χ3n) is 5.10. The number of hydrogen-bond acceptors (Lipinski definition) is 5. The highest BCUT2D eigenvalue weighted by molar-refractivity contribution is 6.33. The number of aromatic nitrogens is 2. The zero-order chi connectivity index (χ0) is 25.0. The molecule has 0 saturated heterocycles. The highest BCUT2D eigenvalue weighted by Gasteiger charge is 2.26. The van der Waals surface area contributed by atoms with E-state index in [0.717, 1.165) is 11.1 Å². The molecule has 2 N–H and O–H groups in total. The van der Waals surface area contributed by atoms with Crippen LogP contribution in [-0.4, -0.2) is 40.2 Å². The molecule has 2 aromatic carbocycles. The summed E-state index contributed by atoms with van der Waals surface area (Å²) in [4.78, 5) is 37.3. The largest absolute Gasteiger partial charge is 0.449 e. The van der Waals surface area contributed by atoms with Crippen LogP contribution in [0, 0.1) is 26.6 Å². The quantitative estimate of drug-likeness (QED) is 0.493. The second-order valence-electron chi connectivity index (χ2n) is 7.72. The molecule has 0 aliphatic heterocycles. The monoisotopic (exact) mass is 486 g/mol. The fourth-order valence-corrected chi connectivity index (χ4v) is 3.61. The van der Waals surface area contributed by atoms with Crippen LogP contribution in [0.5, 0.6) is 0 Å². The maximum atomic E-state index is 13.2. The summed E-state index contributed by atoms with van der Waals surface area (Å²) in [5.41, 5.74) is 3.20. The predicted octanol–water partition coefficient (Wildman–Crippen LogP) is 3.89. The van der Waals surface area contributed by atoms with E-state index in [1.807, 2.05) is 32.0 Å². The topological polar surface area (TPSA) is 102 Å². The van der Waals surface area contributed by atoms with E-state index in [2.05, 4.69) is 15.7 Å². The van der Waals surface area contributed by atoms with Gasteiger partial charge in [-0.2, -0.15) is 5.10 Å². The number of esters is 1. The maximum absolute atomic E-state index is 13.2. The summed E-state index contributed by atoms with van der Waals surface area (Å²) in [6, 6.07) is 11.0. The molecule has 2 amide bonds. The predicted molar refractivity (Wildman–Crippen MR) is 126 cm³/mol. The van der Waals surface area contributed by atoms with Gasteiger partial charge in [0, 0.05) is 5.69 Å². The number of para-hydroxylation sites is 1. The number of rotatable bonds is 7. The van der Waals surface area contributed by atoms with Gasteiger partial charge in [-0.15, -0.1) is 0 Å². The third-order valence-corrected chi connectivity index (χ3v) is 5.45. The Bertz CT molecular complexity index is 1220. The molecule has 0 radical (unpaired) electrons. The minimum Gasteiger partial charge on any atom is -0.449 e. The van der Waals surface area contributed by atoms with Gasteiger partial charge < -0.3 is 15.4 Å². The Balaban J connectivity index is 1.60. The van der Waals surface area contributed by atoms with Crippen molar-refractivity contribution in [1.82, 2.24) is 15.1 Å². The van der Waals surface area contributed by atoms with Crippen molar-refractivity contribution in [3.05, 3.63) is 75.8 Å². The second-order valence-corrected chi connectivity index (χ2v) is 8.08. The van der Waals surface area contributed by atoms with Crippen molar-refractivity contribution in [3.63, 3.8) is 0 Å². The molecule has 0 spiro atoms. The highest BCUT2D eigenvalue weighted by atomic mass is 35.5. The summed E-state index contributed by atoms with van der Waals surface area (Å²) >= 11 is 6.32. The smallest absolute Gasteiger partial charge is 0.344 e. The number of nitrogens with zero attached hydrogens (tertiary/aromatic N) is 2. The normalized spacial score (nSPS) is 11.6. The molecule has 1 unspecified atom stereocenters. The molecule has 1 heterocycles. The molecule has 10 heteroatoms. The fraction of sp³-hybridized carbons (Fsp3) is 0.250. The highest BCUT2D eigenvalue weighted by Crippen LogP contribution is 2.25. The van der Waals surface area contributed by atoms with Crippen molar-refractivity contribution in [1.29, 1.82) is 0 Å². The van der Waals surface area contributed by atoms with Crippen molar-refractivity contribution in [3.8, 4) is 5.69 Å². The minimum atomic E-state index is -1.19. The van der Waals surface area contributed by atoms with E-state index in [-0.39, 0.29) is 23.0 Å². The number of halogens is 2. The van der Waals surface area contributed by atoms with Crippen molar-refractivity contribution >= 4 is 35.1 Å². The molecule has 0 fully saturated rings. The standard InChI is InChI=1S/C24H24ClFN4O4/c1-13-6-5-7-14(2)21(13)28-19(31)12-27-23(32)16(4)34-24(33)20-15(3)29-30(22(20)25)18-10-8-17(26)9-11-18/h5-11,16H,12H2,1-4H3,(H,27,32)(H,28,31). The lowest BCUT2D eigenvalue weighted by molar-refractivity contribution is -0.130. The summed E-state index contributed by atoms with van der Waals surface area (Å²) in [6.07, 6.45) is -1.19. The number of benzene rings is 2. The van der Waals surface area contributed by atoms with Gasteiger partial charge in [0.25, 0.3) is 5.91 Å². The Morgan fingerprint density at radius 2 is 1.71 bits per heavy atom. The number of hydrogen-bond donors (Lipinski definition) is 2. The first kappa shape index (κ1) is 24.9. The number of amides is 2. The molecular formula is C24H24ClFN4O4. The first-order valence-corrected chi connectivity index (χ1v) is 10.8. The van der Waals surface area contributed by atoms with Crippen LogP contribution in [0.2, 0.25) is 5.15 Å². The Morgan fingerprint density at radius 1 is 1.09 bits per heavy atom. The SMILES string of the molecule is Cc1cccc(C)c1NC(=O)CNC(=O)C(C)OC(=O)c1c(C)nn(-c2ccc(F)cc2)c1Cl. The molecule has 1 atom stereocenters. The Morgan fingerprint density at radius 3 is 2.32 bits per heavy atom. The van der Waals surface area contributed by atoms with Gasteiger partial charge in [-0.05, 0) is 63.1 Å². The molecule has 0 aliphatic carbocycles. The van der Waals surface area contributed by atoms with Crippen LogP contribution >= 0.6 is 11.6 Å². The number of carbonyl (C=O) groups excluding carboxylic acids is 3. The van der Waals surface area contributed by atoms with Gasteiger partial charge >= 0.3 is 5.97 Å². The van der Waals surface area contributed by atoms with E-state index in [1.165, 1.54) is 35.9 Å². The second kappa shape index (κ2) is 10.5. The number of ether oxygens (including phenoxy) is 1. The lowest BCUT2D eigenvalue weighted by Gasteiger charge is -2.15. The molecule has 3 aromatic rings. The zero-order valence-electron chi connectivity index (χ0n) is 19.1. The van der Waals surface area contributed by atoms with E-state index in [0.29, 0.717) is 11.4 Å². The summed E-state index contributed by atoms with van der Waals surface area (Å²) in [5, 5.41) is 9.38.